The molecule has 4 aliphatic carbocycles. The summed E-state index contributed by atoms with van der Waals surface area (Å²) in [5.74, 6) is 3.50. The second-order valence-corrected chi connectivity index (χ2v) is 5.60. The molecule has 8 atom stereocenters. The number of carbonyl (C=O) groups excluding carboxylic acids is 2. The zero-order valence-electron chi connectivity index (χ0n) is 7.59. The molecule has 0 bridgehead atoms. The summed E-state index contributed by atoms with van der Waals surface area (Å²) in [5.41, 5.74) is 0. The molecule has 0 aliphatic heterocycles. The van der Waals surface area contributed by atoms with Crippen molar-refractivity contribution in [1.29, 1.82) is 0 Å². The number of allylic oxidation sites excluding steroid dienone is 2. The normalized spacial score (nSPS) is 69.4. The van der Waals surface area contributed by atoms with E-state index in [4.69, 9.17) is 0 Å². The quantitative estimate of drug-likeness (QED) is 0.412. The smallest absolute Gasteiger partial charge is 0.141 e. The molecule has 0 N–H and O–H groups in total. The molecule has 14 heavy (non-hydrogen) atoms. The molecular formula is C12H10O2. The van der Waals surface area contributed by atoms with Crippen LogP contribution in [0.25, 0.3) is 0 Å². The molecule has 0 unspecified atom stereocenters. The van der Waals surface area contributed by atoms with Gasteiger partial charge in [-0.1, -0.05) is 12.2 Å². The van der Waals surface area contributed by atoms with E-state index in [1.165, 1.54) is 0 Å². The monoisotopic (exact) mass is 186 g/mol. The molecule has 3 saturated carbocycles. The van der Waals surface area contributed by atoms with Crippen LogP contribution >= 0.6 is 0 Å². The fourth-order valence-electron chi connectivity index (χ4n) is 5.43. The van der Waals surface area contributed by atoms with Gasteiger partial charge in [0.05, 0.1) is 0 Å². The van der Waals surface area contributed by atoms with Crippen molar-refractivity contribution in [3.8, 4) is 0 Å². The summed E-state index contributed by atoms with van der Waals surface area (Å²) in [5, 5.41) is 0. The Morgan fingerprint density at radius 3 is 1.57 bits per heavy atom. The first-order valence-electron chi connectivity index (χ1n) is 5.56. The van der Waals surface area contributed by atoms with Gasteiger partial charge in [-0.05, 0) is 23.7 Å². The first kappa shape index (κ1) is 6.54. The van der Waals surface area contributed by atoms with E-state index in [1.807, 2.05) is 0 Å². The molecule has 0 heterocycles. The minimum Gasteiger partial charge on any atom is -0.299 e. The van der Waals surface area contributed by atoms with Gasteiger partial charge in [-0.25, -0.2) is 0 Å². The average molecular weight is 186 g/mol. The van der Waals surface area contributed by atoms with E-state index in [2.05, 4.69) is 12.2 Å². The lowest BCUT2D eigenvalue weighted by atomic mass is 9.52. The van der Waals surface area contributed by atoms with Crippen molar-refractivity contribution in [3.05, 3.63) is 12.2 Å². The summed E-state index contributed by atoms with van der Waals surface area (Å²) < 4.78 is 0. The highest BCUT2D eigenvalue weighted by Gasteiger charge is 2.80. The molecule has 4 rings (SSSR count). The average Bonchev–Trinajstić information content (AvgIpc) is 2.40. The van der Waals surface area contributed by atoms with Crippen molar-refractivity contribution < 1.29 is 9.59 Å². The van der Waals surface area contributed by atoms with E-state index in [0.29, 0.717) is 35.2 Å². The lowest BCUT2D eigenvalue weighted by Gasteiger charge is -2.50. The molecule has 4 aliphatic rings. The van der Waals surface area contributed by atoms with Gasteiger partial charge in [0.15, 0.2) is 0 Å². The number of hydrogen-bond acceptors (Lipinski definition) is 2. The predicted octanol–water partition coefficient (Wildman–Crippen LogP) is 0.678. The van der Waals surface area contributed by atoms with Crippen molar-refractivity contribution in [2.45, 2.75) is 0 Å². The van der Waals surface area contributed by atoms with E-state index in [1.54, 1.807) is 0 Å². The summed E-state index contributed by atoms with van der Waals surface area (Å²) in [4.78, 5) is 24.0. The van der Waals surface area contributed by atoms with E-state index < -0.39 is 0 Å². The van der Waals surface area contributed by atoms with Crippen molar-refractivity contribution >= 4 is 11.6 Å². The molecule has 70 valence electrons. The van der Waals surface area contributed by atoms with Gasteiger partial charge in [0.2, 0.25) is 0 Å². The highest BCUT2D eigenvalue weighted by molar-refractivity contribution is 6.06. The van der Waals surface area contributed by atoms with Gasteiger partial charge in [0.1, 0.15) is 11.6 Å². The van der Waals surface area contributed by atoms with Crippen LogP contribution in [0.4, 0.5) is 0 Å². The number of carbonyl (C=O) groups is 2. The number of rotatable bonds is 0. The standard InChI is InChI=1S/C12H10O2/c13-11-7-3-1-2-4-6-5(3)9(11)10(6)12(14)8(4)7/h1-10H/t3-,4+,5-,6-,7-,8+,9+,10+/m1/s1. The lowest BCUT2D eigenvalue weighted by molar-refractivity contribution is -0.145. The van der Waals surface area contributed by atoms with E-state index in [9.17, 15) is 9.59 Å². The zero-order chi connectivity index (χ0) is 9.19. The number of fused-ring (bicyclic) bond motifs is 9. The maximum atomic E-state index is 12.0. The third kappa shape index (κ3) is 0.358. The molecule has 0 amide bonds. The van der Waals surface area contributed by atoms with Crippen LogP contribution in [0.15, 0.2) is 12.2 Å². The molecule has 0 radical (unpaired) electrons. The van der Waals surface area contributed by atoms with Crippen LogP contribution in [-0.2, 0) is 9.59 Å². The largest absolute Gasteiger partial charge is 0.299 e. The second-order valence-electron chi connectivity index (χ2n) is 5.60. The van der Waals surface area contributed by atoms with Crippen LogP contribution in [-0.4, -0.2) is 11.6 Å². The molecule has 0 spiro atoms. The second kappa shape index (κ2) is 1.54. The maximum absolute atomic E-state index is 12.0. The number of hydrogen-bond donors (Lipinski definition) is 0. The SMILES string of the molecule is O=C1[C@@H]2[C@@H]3C=C[C@@H]4[C@@H]2C(=O)[C@@H]2[C@@H]1[C@H]3[C@@H]42. The van der Waals surface area contributed by atoms with Crippen LogP contribution in [0.2, 0.25) is 0 Å². The summed E-state index contributed by atoms with van der Waals surface area (Å²) in [7, 11) is 0. The Bertz CT molecular complexity index is 396. The van der Waals surface area contributed by atoms with Crippen LogP contribution < -0.4 is 0 Å². The lowest BCUT2D eigenvalue weighted by Crippen LogP contribution is -2.50. The Labute approximate surface area is 81.4 Å². The minimum absolute atomic E-state index is 0.113. The topological polar surface area (TPSA) is 34.1 Å². The summed E-state index contributed by atoms with van der Waals surface area (Å²) in [6, 6.07) is 0. The fraction of sp³-hybridized carbons (Fsp3) is 0.667. The molecule has 2 heteroatoms. The van der Waals surface area contributed by atoms with Crippen LogP contribution in [0.1, 0.15) is 0 Å². The fourth-order valence-corrected chi connectivity index (χ4v) is 5.43. The summed E-state index contributed by atoms with van der Waals surface area (Å²) >= 11 is 0. The minimum atomic E-state index is 0.113. The van der Waals surface area contributed by atoms with Gasteiger partial charge in [-0.2, -0.15) is 0 Å². The van der Waals surface area contributed by atoms with Crippen LogP contribution in [0.3, 0.4) is 0 Å². The van der Waals surface area contributed by atoms with Crippen LogP contribution in [0.5, 0.6) is 0 Å². The number of ketones is 2. The molecule has 0 aromatic carbocycles. The Morgan fingerprint density at radius 1 is 0.714 bits per heavy atom. The van der Waals surface area contributed by atoms with Gasteiger partial charge >= 0.3 is 0 Å². The highest BCUT2D eigenvalue weighted by Crippen LogP contribution is 2.75. The Morgan fingerprint density at radius 2 is 1.14 bits per heavy atom. The summed E-state index contributed by atoms with van der Waals surface area (Å²) in [6.07, 6.45) is 4.47. The van der Waals surface area contributed by atoms with Gasteiger partial charge in [-0.3, -0.25) is 9.59 Å². The highest BCUT2D eigenvalue weighted by atomic mass is 16.1. The zero-order valence-corrected chi connectivity index (χ0v) is 7.59. The molecule has 0 aromatic rings. The molecule has 3 fully saturated rings. The first-order chi connectivity index (χ1) is 6.80. The van der Waals surface area contributed by atoms with Gasteiger partial charge in [0, 0.05) is 23.7 Å². The molecule has 2 nitrogen and oxygen atoms in total. The molecular weight excluding hydrogens is 176 g/mol. The van der Waals surface area contributed by atoms with Crippen molar-refractivity contribution in [3.63, 3.8) is 0 Å². The number of Topliss-reactive ketones (excluding diaryl/α,β-unsaturated/α-hetero) is 2. The third-order valence-corrected chi connectivity index (χ3v) is 5.64. The van der Waals surface area contributed by atoms with Crippen LogP contribution in [0, 0.1) is 47.3 Å². The first-order valence-corrected chi connectivity index (χ1v) is 5.56. The maximum Gasteiger partial charge on any atom is 0.141 e. The van der Waals surface area contributed by atoms with E-state index in [-0.39, 0.29) is 23.7 Å². The van der Waals surface area contributed by atoms with E-state index in [0.717, 1.165) is 0 Å². The molecule has 0 saturated heterocycles. The van der Waals surface area contributed by atoms with Gasteiger partial charge in [0.25, 0.3) is 0 Å². The van der Waals surface area contributed by atoms with Crippen molar-refractivity contribution in [2.75, 3.05) is 0 Å². The Kier molecular flexibility index (Phi) is 0.718. The van der Waals surface area contributed by atoms with Crippen molar-refractivity contribution in [1.82, 2.24) is 0 Å². The predicted molar refractivity (Wildman–Crippen MR) is 47.1 cm³/mol. The molecule has 0 aromatic heterocycles. The Hall–Kier alpha value is -0.920. The van der Waals surface area contributed by atoms with Gasteiger partial charge in [-0.15, -0.1) is 0 Å². The summed E-state index contributed by atoms with van der Waals surface area (Å²) in [6.45, 7) is 0. The van der Waals surface area contributed by atoms with Crippen molar-refractivity contribution in [2.24, 2.45) is 47.3 Å². The van der Waals surface area contributed by atoms with Gasteiger partial charge < -0.3 is 0 Å². The Balaban J connectivity index is 1.91. The van der Waals surface area contributed by atoms with E-state index >= 15 is 0 Å². The third-order valence-electron chi connectivity index (χ3n) is 5.64.